The Balaban J connectivity index is 2.05. The van der Waals surface area contributed by atoms with Crippen molar-refractivity contribution >= 4 is 23.9 Å². The Morgan fingerprint density at radius 1 is 1.23 bits per heavy atom. The monoisotopic (exact) mass is 370 g/mol. The largest absolute Gasteiger partial charge is 0.481 e. The summed E-state index contributed by atoms with van der Waals surface area (Å²) in [6.07, 6.45) is -0.138. The van der Waals surface area contributed by atoms with Gasteiger partial charge in [-0.15, -0.1) is 0 Å². The van der Waals surface area contributed by atoms with Gasteiger partial charge in [-0.3, -0.25) is 14.4 Å². The quantitative estimate of drug-likeness (QED) is 0.545. The molecule has 9 heteroatoms. The molecule has 2 saturated carbocycles. The first-order chi connectivity index (χ1) is 11.9. The van der Waals surface area contributed by atoms with Crippen molar-refractivity contribution in [1.82, 2.24) is 10.6 Å². The predicted molar refractivity (Wildman–Crippen MR) is 89.3 cm³/mol. The number of rotatable bonds is 6. The molecule has 1 unspecified atom stereocenters. The number of hydrogen-bond acceptors (Lipinski definition) is 5. The number of ether oxygens (including phenoxy) is 1. The van der Waals surface area contributed by atoms with Gasteiger partial charge >= 0.3 is 18.0 Å². The van der Waals surface area contributed by atoms with Gasteiger partial charge in [0.15, 0.2) is 0 Å². The third-order valence-corrected chi connectivity index (χ3v) is 4.98. The molecular weight excluding hydrogens is 344 g/mol. The third-order valence-electron chi connectivity index (χ3n) is 4.98. The molecule has 0 aliphatic heterocycles. The number of alkyl carbamates (subject to hydrolysis) is 1. The second-order valence-corrected chi connectivity index (χ2v) is 8.18. The first-order valence-electron chi connectivity index (χ1n) is 8.62. The molecule has 2 aliphatic carbocycles. The summed E-state index contributed by atoms with van der Waals surface area (Å²) >= 11 is 0. The summed E-state index contributed by atoms with van der Waals surface area (Å²) in [6.45, 7) is 6.53. The fraction of sp³-hybridized carbons (Fsp3) is 0.765. The van der Waals surface area contributed by atoms with Gasteiger partial charge in [0.05, 0.1) is 17.9 Å². The molecule has 2 fully saturated rings. The van der Waals surface area contributed by atoms with Crippen molar-refractivity contribution in [3.8, 4) is 0 Å². The van der Waals surface area contributed by atoms with Gasteiger partial charge in [0.1, 0.15) is 11.6 Å². The number of carboxylic acids is 2. The summed E-state index contributed by atoms with van der Waals surface area (Å²) in [5.74, 6) is -3.76. The Labute approximate surface area is 151 Å². The topological polar surface area (TPSA) is 142 Å². The van der Waals surface area contributed by atoms with Gasteiger partial charge in [-0.1, -0.05) is 0 Å². The molecule has 4 N–H and O–H groups in total. The van der Waals surface area contributed by atoms with Crippen LogP contribution in [0.5, 0.6) is 0 Å². The lowest BCUT2D eigenvalue weighted by Crippen LogP contribution is -2.56. The summed E-state index contributed by atoms with van der Waals surface area (Å²) in [6, 6.07) is -0.948. The first kappa shape index (κ1) is 20.0. The van der Waals surface area contributed by atoms with Crippen LogP contribution in [0.25, 0.3) is 0 Å². The number of hydrogen-bond donors (Lipinski definition) is 4. The van der Waals surface area contributed by atoms with E-state index in [2.05, 4.69) is 10.6 Å². The maximum atomic E-state index is 12.5. The fourth-order valence-corrected chi connectivity index (χ4v) is 3.98. The number of carbonyl (C=O) groups excluding carboxylic acids is 2. The number of aliphatic carboxylic acids is 2. The molecule has 0 aromatic heterocycles. The molecule has 0 spiro atoms. The van der Waals surface area contributed by atoms with E-state index in [1.165, 1.54) is 6.92 Å². The molecule has 9 nitrogen and oxygen atoms in total. The molecular formula is C17H26N2O7. The molecule has 0 heterocycles. The second kappa shape index (κ2) is 6.77. The van der Waals surface area contributed by atoms with Crippen molar-refractivity contribution < 1.29 is 34.1 Å². The van der Waals surface area contributed by atoms with Crippen LogP contribution >= 0.6 is 0 Å². The Hall–Kier alpha value is -2.32. The molecule has 0 bridgehead atoms. The summed E-state index contributed by atoms with van der Waals surface area (Å²) in [5, 5.41) is 23.6. The van der Waals surface area contributed by atoms with Gasteiger partial charge in [-0.2, -0.15) is 0 Å². The summed E-state index contributed by atoms with van der Waals surface area (Å²) in [7, 11) is 0. The van der Waals surface area contributed by atoms with Crippen LogP contribution in [0, 0.1) is 17.8 Å². The summed E-state index contributed by atoms with van der Waals surface area (Å²) in [4.78, 5) is 46.9. The van der Waals surface area contributed by atoms with Crippen LogP contribution in [0.1, 0.15) is 47.0 Å². The molecule has 146 valence electrons. The average molecular weight is 370 g/mol. The molecule has 5 atom stereocenters. The SMILES string of the molecule is CC(NC(=O)OC(C)(C)C)C(=O)N[C@@]1(CC(=O)O)CC[C@H]2[C@H](C(=O)O)[C@H]21. The second-order valence-electron chi connectivity index (χ2n) is 8.18. The van der Waals surface area contributed by atoms with E-state index >= 15 is 0 Å². The highest BCUT2D eigenvalue weighted by Gasteiger charge is 2.69. The highest BCUT2D eigenvalue weighted by atomic mass is 16.6. The normalized spacial score (nSPS) is 30.7. The van der Waals surface area contributed by atoms with Crippen molar-refractivity contribution in [2.45, 2.75) is 64.1 Å². The summed E-state index contributed by atoms with van der Waals surface area (Å²) < 4.78 is 5.09. The molecule has 26 heavy (non-hydrogen) atoms. The minimum atomic E-state index is -1.10. The Bertz CT molecular complexity index is 627. The van der Waals surface area contributed by atoms with E-state index in [-0.39, 0.29) is 12.3 Å². The minimum Gasteiger partial charge on any atom is -0.481 e. The highest BCUT2D eigenvalue weighted by molar-refractivity contribution is 5.87. The lowest BCUT2D eigenvalue weighted by atomic mass is 9.86. The van der Waals surface area contributed by atoms with E-state index in [1.807, 2.05) is 0 Å². The van der Waals surface area contributed by atoms with Crippen molar-refractivity contribution in [2.24, 2.45) is 17.8 Å². The number of nitrogens with one attached hydrogen (secondary N) is 2. The van der Waals surface area contributed by atoms with Crippen LogP contribution in [0.3, 0.4) is 0 Å². The molecule has 0 aromatic rings. The van der Waals surface area contributed by atoms with Crippen LogP contribution in [0.4, 0.5) is 4.79 Å². The minimum absolute atomic E-state index is 0.110. The van der Waals surface area contributed by atoms with Gasteiger partial charge in [-0.05, 0) is 52.4 Å². The number of amides is 2. The van der Waals surface area contributed by atoms with E-state index in [1.54, 1.807) is 20.8 Å². The van der Waals surface area contributed by atoms with Gasteiger partial charge in [0, 0.05) is 0 Å². The Kier molecular flexibility index (Phi) is 5.21. The van der Waals surface area contributed by atoms with Crippen molar-refractivity contribution in [3.63, 3.8) is 0 Å². The summed E-state index contributed by atoms with van der Waals surface area (Å²) in [5.41, 5.74) is -1.81. The molecule has 0 radical (unpaired) electrons. The van der Waals surface area contributed by atoms with Crippen LogP contribution in [-0.4, -0.2) is 51.3 Å². The number of carbonyl (C=O) groups is 4. The van der Waals surface area contributed by atoms with Gasteiger partial charge in [-0.25, -0.2) is 4.79 Å². The smallest absolute Gasteiger partial charge is 0.408 e. The van der Waals surface area contributed by atoms with Crippen LogP contribution in [0.15, 0.2) is 0 Å². The van der Waals surface area contributed by atoms with Crippen LogP contribution in [-0.2, 0) is 19.1 Å². The Morgan fingerprint density at radius 3 is 2.31 bits per heavy atom. The van der Waals surface area contributed by atoms with Crippen molar-refractivity contribution in [3.05, 3.63) is 0 Å². The predicted octanol–water partition coefficient (Wildman–Crippen LogP) is 0.970. The molecule has 0 saturated heterocycles. The van der Waals surface area contributed by atoms with E-state index in [9.17, 15) is 29.4 Å². The van der Waals surface area contributed by atoms with Crippen molar-refractivity contribution in [2.75, 3.05) is 0 Å². The zero-order valence-electron chi connectivity index (χ0n) is 15.4. The number of fused-ring (bicyclic) bond motifs is 1. The van der Waals surface area contributed by atoms with E-state index < -0.39 is 53.0 Å². The molecule has 2 rings (SSSR count). The zero-order chi connectivity index (χ0) is 19.9. The first-order valence-corrected chi connectivity index (χ1v) is 8.62. The van der Waals surface area contributed by atoms with E-state index in [0.29, 0.717) is 12.8 Å². The van der Waals surface area contributed by atoms with Gasteiger partial charge in [0.2, 0.25) is 5.91 Å². The Morgan fingerprint density at radius 2 is 1.85 bits per heavy atom. The standard InChI is InChI=1S/C17H26N2O7/c1-8(18-15(25)26-16(2,3)4)13(22)19-17(7-10(20)21)6-5-9-11(12(9)17)14(23)24/h8-9,11-12H,5-7H2,1-4H3,(H,18,25)(H,19,22)(H,20,21)(H,23,24)/t8?,9-,11-,12-,17+/m0/s1. The number of carboxylic acid groups (broad SMARTS) is 2. The molecule has 2 aliphatic rings. The highest BCUT2D eigenvalue weighted by Crippen LogP contribution is 2.63. The maximum absolute atomic E-state index is 12.5. The van der Waals surface area contributed by atoms with Crippen molar-refractivity contribution in [1.29, 1.82) is 0 Å². The maximum Gasteiger partial charge on any atom is 0.408 e. The van der Waals surface area contributed by atoms with E-state index in [4.69, 9.17) is 4.74 Å². The molecule has 0 aromatic carbocycles. The van der Waals surface area contributed by atoms with Gasteiger partial charge in [0.25, 0.3) is 0 Å². The van der Waals surface area contributed by atoms with E-state index in [0.717, 1.165) is 0 Å². The van der Waals surface area contributed by atoms with Crippen LogP contribution in [0.2, 0.25) is 0 Å². The van der Waals surface area contributed by atoms with Gasteiger partial charge < -0.3 is 25.6 Å². The lowest BCUT2D eigenvalue weighted by molar-refractivity contribution is -0.143. The average Bonchev–Trinajstić information content (AvgIpc) is 3.08. The fourth-order valence-electron chi connectivity index (χ4n) is 3.98. The third kappa shape index (κ3) is 4.25. The lowest BCUT2D eigenvalue weighted by Gasteiger charge is -2.33. The van der Waals surface area contributed by atoms with Crippen LogP contribution < -0.4 is 10.6 Å². The molecule has 2 amide bonds. The zero-order valence-corrected chi connectivity index (χ0v) is 15.4.